The monoisotopic (exact) mass is 425 g/mol. The molecule has 0 aliphatic carbocycles. The molecule has 4 rings (SSSR count). The Bertz CT molecular complexity index is 1250. The van der Waals surface area contributed by atoms with Crippen LogP contribution in [-0.2, 0) is 13.1 Å². The van der Waals surface area contributed by atoms with Crippen LogP contribution in [0.3, 0.4) is 0 Å². The molecule has 0 radical (unpaired) electrons. The standard InChI is InChI=1S/C25H23N5O2/c26-23-14-22(11-12-27-23)30-24(31)20-9-5-17(6-10-20)15-28-25(32)29-16-18-7-8-19-3-1-2-4-21(19)13-18/h1-14H,15-16H2,(H2,28,29,32)(H3,26,27,30,31). The number of nitrogens with zero attached hydrogens (tertiary/aromatic N) is 1. The van der Waals surface area contributed by atoms with Crippen molar-refractivity contribution in [2.75, 3.05) is 11.1 Å². The highest BCUT2D eigenvalue weighted by molar-refractivity contribution is 6.04. The molecule has 0 saturated heterocycles. The molecule has 3 aromatic carbocycles. The average molecular weight is 425 g/mol. The first kappa shape index (κ1) is 20.9. The van der Waals surface area contributed by atoms with Gasteiger partial charge in [-0.05, 0) is 46.2 Å². The van der Waals surface area contributed by atoms with Crippen LogP contribution >= 0.6 is 0 Å². The van der Waals surface area contributed by atoms with Crippen molar-refractivity contribution in [3.63, 3.8) is 0 Å². The quantitative estimate of drug-likeness (QED) is 0.373. The molecule has 0 saturated carbocycles. The van der Waals surface area contributed by atoms with Crippen molar-refractivity contribution < 1.29 is 9.59 Å². The molecular weight excluding hydrogens is 402 g/mol. The molecule has 0 spiro atoms. The third-order valence-electron chi connectivity index (χ3n) is 4.98. The number of fused-ring (bicyclic) bond motifs is 1. The van der Waals surface area contributed by atoms with Gasteiger partial charge in [-0.15, -0.1) is 0 Å². The lowest BCUT2D eigenvalue weighted by Gasteiger charge is -2.09. The van der Waals surface area contributed by atoms with E-state index in [9.17, 15) is 9.59 Å². The minimum absolute atomic E-state index is 0.247. The van der Waals surface area contributed by atoms with E-state index in [1.54, 1.807) is 36.4 Å². The molecule has 1 heterocycles. The lowest BCUT2D eigenvalue weighted by atomic mass is 10.1. The van der Waals surface area contributed by atoms with Crippen LogP contribution in [0.4, 0.5) is 16.3 Å². The molecule has 0 aliphatic rings. The molecule has 1 aromatic heterocycles. The van der Waals surface area contributed by atoms with E-state index in [2.05, 4.69) is 39.1 Å². The van der Waals surface area contributed by atoms with Gasteiger partial charge in [-0.3, -0.25) is 4.79 Å². The van der Waals surface area contributed by atoms with Gasteiger partial charge < -0.3 is 21.7 Å². The predicted octanol–water partition coefficient (Wildman–Crippen LogP) is 4.07. The van der Waals surface area contributed by atoms with Gasteiger partial charge in [-0.1, -0.05) is 48.5 Å². The van der Waals surface area contributed by atoms with Crippen LogP contribution in [0.2, 0.25) is 0 Å². The van der Waals surface area contributed by atoms with Gasteiger partial charge in [0.1, 0.15) is 5.82 Å². The van der Waals surface area contributed by atoms with Crippen molar-refractivity contribution in [2.24, 2.45) is 0 Å². The van der Waals surface area contributed by atoms with Crippen LogP contribution < -0.4 is 21.7 Å². The number of carbonyl (C=O) groups excluding carboxylic acids is 2. The number of nitrogens with two attached hydrogens (primary N) is 1. The third kappa shape index (κ3) is 5.40. The van der Waals surface area contributed by atoms with Gasteiger partial charge >= 0.3 is 6.03 Å². The Morgan fingerprint density at radius 2 is 1.47 bits per heavy atom. The summed E-state index contributed by atoms with van der Waals surface area (Å²) in [4.78, 5) is 28.4. The molecule has 160 valence electrons. The van der Waals surface area contributed by atoms with Crippen molar-refractivity contribution in [2.45, 2.75) is 13.1 Å². The summed E-state index contributed by atoms with van der Waals surface area (Å²) in [6.45, 7) is 0.793. The van der Waals surface area contributed by atoms with Crippen LogP contribution in [0.25, 0.3) is 10.8 Å². The largest absolute Gasteiger partial charge is 0.384 e. The Morgan fingerprint density at radius 3 is 2.22 bits per heavy atom. The number of pyridine rings is 1. The first-order valence-electron chi connectivity index (χ1n) is 10.2. The fraction of sp³-hybridized carbons (Fsp3) is 0.0800. The molecule has 7 nitrogen and oxygen atoms in total. The number of rotatable bonds is 6. The van der Waals surface area contributed by atoms with E-state index in [-0.39, 0.29) is 11.9 Å². The average Bonchev–Trinajstić information content (AvgIpc) is 2.81. The van der Waals surface area contributed by atoms with Crippen LogP contribution in [-0.4, -0.2) is 16.9 Å². The normalized spacial score (nSPS) is 10.5. The van der Waals surface area contributed by atoms with Crippen LogP contribution in [0.15, 0.2) is 85.1 Å². The Morgan fingerprint density at radius 1 is 0.781 bits per heavy atom. The number of urea groups is 1. The maximum atomic E-state index is 12.4. The fourth-order valence-electron chi connectivity index (χ4n) is 3.28. The summed E-state index contributed by atoms with van der Waals surface area (Å²) >= 11 is 0. The summed E-state index contributed by atoms with van der Waals surface area (Å²) in [6, 6.07) is 24.3. The number of aromatic nitrogens is 1. The Labute approximate surface area is 185 Å². The summed E-state index contributed by atoms with van der Waals surface area (Å²) in [5, 5.41) is 10.8. The van der Waals surface area contributed by atoms with Crippen LogP contribution in [0.1, 0.15) is 21.5 Å². The second kappa shape index (κ2) is 9.61. The molecule has 32 heavy (non-hydrogen) atoms. The topological polar surface area (TPSA) is 109 Å². The zero-order chi connectivity index (χ0) is 22.3. The Kier molecular flexibility index (Phi) is 6.27. The van der Waals surface area contributed by atoms with Gasteiger partial charge in [0, 0.05) is 36.6 Å². The van der Waals surface area contributed by atoms with E-state index in [0.29, 0.717) is 30.2 Å². The molecule has 0 unspecified atom stereocenters. The van der Waals surface area contributed by atoms with Gasteiger partial charge in [-0.2, -0.15) is 0 Å². The molecule has 7 heteroatoms. The van der Waals surface area contributed by atoms with Crippen LogP contribution in [0.5, 0.6) is 0 Å². The summed E-state index contributed by atoms with van der Waals surface area (Å²) in [6.07, 6.45) is 1.53. The van der Waals surface area contributed by atoms with Crippen LogP contribution in [0, 0.1) is 0 Å². The van der Waals surface area contributed by atoms with Gasteiger partial charge in [0.2, 0.25) is 0 Å². The third-order valence-corrected chi connectivity index (χ3v) is 4.98. The highest BCUT2D eigenvalue weighted by atomic mass is 16.2. The van der Waals surface area contributed by atoms with Crippen molar-refractivity contribution in [3.05, 3.63) is 102 Å². The summed E-state index contributed by atoms with van der Waals surface area (Å²) in [7, 11) is 0. The smallest absolute Gasteiger partial charge is 0.315 e. The second-order valence-corrected chi connectivity index (χ2v) is 7.34. The SMILES string of the molecule is Nc1cc(NC(=O)c2ccc(CNC(=O)NCc3ccc4ccccc4c3)cc2)ccn1. The Balaban J connectivity index is 1.26. The number of nitrogens with one attached hydrogen (secondary N) is 3. The molecule has 5 N–H and O–H groups in total. The number of anilines is 2. The highest BCUT2D eigenvalue weighted by Gasteiger charge is 2.07. The van der Waals surface area contributed by atoms with Gasteiger partial charge in [0.25, 0.3) is 5.91 Å². The summed E-state index contributed by atoms with van der Waals surface area (Å²) < 4.78 is 0. The molecule has 0 atom stereocenters. The molecule has 3 amide bonds. The molecule has 4 aromatic rings. The van der Waals surface area contributed by atoms with Crippen molar-refractivity contribution in [1.82, 2.24) is 15.6 Å². The minimum atomic E-state index is -0.254. The zero-order valence-corrected chi connectivity index (χ0v) is 17.3. The van der Waals surface area contributed by atoms with E-state index < -0.39 is 0 Å². The lowest BCUT2D eigenvalue weighted by Crippen LogP contribution is -2.34. The Hall–Kier alpha value is -4.39. The summed E-state index contributed by atoms with van der Waals surface area (Å²) in [5.74, 6) is 0.0892. The van der Waals surface area contributed by atoms with Crippen molar-refractivity contribution in [1.29, 1.82) is 0 Å². The first-order valence-corrected chi connectivity index (χ1v) is 10.2. The number of carbonyl (C=O) groups is 2. The van der Waals surface area contributed by atoms with Gasteiger partial charge in [0.05, 0.1) is 0 Å². The molecule has 0 bridgehead atoms. The molecular formula is C25H23N5O2. The molecule has 0 fully saturated rings. The second-order valence-electron chi connectivity index (χ2n) is 7.34. The lowest BCUT2D eigenvalue weighted by molar-refractivity contribution is 0.102. The van der Waals surface area contributed by atoms with E-state index in [1.807, 2.05) is 24.3 Å². The van der Waals surface area contributed by atoms with Crippen molar-refractivity contribution in [3.8, 4) is 0 Å². The van der Waals surface area contributed by atoms with Gasteiger partial charge in [-0.25, -0.2) is 9.78 Å². The number of hydrogen-bond donors (Lipinski definition) is 4. The number of benzene rings is 3. The van der Waals surface area contributed by atoms with E-state index in [4.69, 9.17) is 5.73 Å². The first-order chi connectivity index (χ1) is 15.6. The molecule has 0 aliphatic heterocycles. The van der Waals surface area contributed by atoms with Gasteiger partial charge in [0.15, 0.2) is 0 Å². The van der Waals surface area contributed by atoms with E-state index in [0.717, 1.165) is 16.5 Å². The van der Waals surface area contributed by atoms with Crippen molar-refractivity contribution >= 4 is 34.2 Å². The number of hydrogen-bond acceptors (Lipinski definition) is 4. The fourth-order valence-corrected chi connectivity index (χ4v) is 3.28. The number of nitrogen functional groups attached to an aromatic ring is 1. The summed E-state index contributed by atoms with van der Waals surface area (Å²) in [5.41, 5.74) is 8.63. The van der Waals surface area contributed by atoms with E-state index >= 15 is 0 Å². The maximum absolute atomic E-state index is 12.4. The highest BCUT2D eigenvalue weighted by Crippen LogP contribution is 2.15. The number of amides is 3. The zero-order valence-electron chi connectivity index (χ0n) is 17.3. The minimum Gasteiger partial charge on any atom is -0.384 e. The maximum Gasteiger partial charge on any atom is 0.315 e. The predicted molar refractivity (Wildman–Crippen MR) is 126 cm³/mol. The van der Waals surface area contributed by atoms with E-state index in [1.165, 1.54) is 11.6 Å².